The Bertz CT molecular complexity index is 762. The molecule has 4 heteroatoms. The average molecular weight is 380 g/mol. The smallest absolute Gasteiger partial charge is 0.314 e. The number of para-hydroxylation sites is 1. The van der Waals surface area contributed by atoms with Gasteiger partial charge in [-0.3, -0.25) is 9.59 Å². The van der Waals surface area contributed by atoms with E-state index in [1.165, 1.54) is 19.3 Å². The molecule has 1 amide bonds. The first kappa shape index (κ1) is 20.1. The Balaban J connectivity index is 1.49. The number of amides is 1. The average Bonchev–Trinajstić information content (AvgIpc) is 2.74. The molecule has 0 aromatic heterocycles. The Hall–Kier alpha value is -2.62. The number of rotatable bonds is 7. The molecule has 28 heavy (non-hydrogen) atoms. The number of carbonyl (C=O) groups excluding carboxylic acids is 2. The minimum Gasteiger partial charge on any atom is -0.426 e. The molecule has 0 atom stereocenters. The summed E-state index contributed by atoms with van der Waals surface area (Å²) in [5, 5.41) is 2.84. The topological polar surface area (TPSA) is 55.4 Å². The molecule has 0 radical (unpaired) electrons. The first-order valence-electron chi connectivity index (χ1n) is 10.3. The number of unbranched alkanes of at least 4 members (excludes halogenated alkanes) is 1. The van der Waals surface area contributed by atoms with Crippen LogP contribution in [0, 0.1) is 11.8 Å². The van der Waals surface area contributed by atoms with Crippen LogP contribution < -0.4 is 10.1 Å². The molecule has 2 aromatic carbocycles. The van der Waals surface area contributed by atoms with Crippen LogP contribution in [0.25, 0.3) is 0 Å². The van der Waals surface area contributed by atoms with Gasteiger partial charge in [0, 0.05) is 11.3 Å². The summed E-state index contributed by atoms with van der Waals surface area (Å²) >= 11 is 0. The number of ether oxygens (including phenoxy) is 1. The molecule has 0 heterocycles. The molecule has 0 bridgehead atoms. The summed E-state index contributed by atoms with van der Waals surface area (Å²) in [4.78, 5) is 24.7. The van der Waals surface area contributed by atoms with E-state index >= 15 is 0 Å². The van der Waals surface area contributed by atoms with Crippen molar-refractivity contribution >= 4 is 17.6 Å². The standard InChI is InChI=1S/C24H29NO3/c1-2-3-7-18-10-12-20(13-11-18)24(27)28-22-16-14-19(15-17-22)23(26)25-21-8-5-4-6-9-21/h4-6,8-9,14-18,20H,2-3,7,10-13H2,1H3,(H,25,26). The fourth-order valence-electron chi connectivity index (χ4n) is 3.78. The van der Waals surface area contributed by atoms with E-state index in [2.05, 4.69) is 12.2 Å². The van der Waals surface area contributed by atoms with Crippen LogP contribution in [-0.4, -0.2) is 11.9 Å². The molecule has 0 unspecified atom stereocenters. The molecular formula is C24H29NO3. The SMILES string of the molecule is CCCCC1CCC(C(=O)Oc2ccc(C(=O)Nc3ccccc3)cc2)CC1. The Morgan fingerprint density at radius 1 is 0.964 bits per heavy atom. The van der Waals surface area contributed by atoms with Crippen LogP contribution in [0.2, 0.25) is 0 Å². The first-order valence-corrected chi connectivity index (χ1v) is 10.3. The van der Waals surface area contributed by atoms with Crippen LogP contribution in [0.5, 0.6) is 5.75 Å². The Morgan fingerprint density at radius 2 is 1.64 bits per heavy atom. The molecule has 148 valence electrons. The quantitative estimate of drug-likeness (QED) is 0.485. The lowest BCUT2D eigenvalue weighted by molar-refractivity contribution is -0.140. The molecule has 4 nitrogen and oxygen atoms in total. The summed E-state index contributed by atoms with van der Waals surface area (Å²) in [5.74, 6) is 0.935. The minimum absolute atomic E-state index is 0.000989. The van der Waals surface area contributed by atoms with Crippen LogP contribution in [-0.2, 0) is 4.79 Å². The Kier molecular flexibility index (Phi) is 7.24. The van der Waals surface area contributed by atoms with Crippen LogP contribution in [0.15, 0.2) is 54.6 Å². The maximum absolute atomic E-state index is 12.4. The molecule has 1 aliphatic rings. The molecule has 0 saturated heterocycles. The van der Waals surface area contributed by atoms with E-state index in [1.54, 1.807) is 24.3 Å². The molecular weight excluding hydrogens is 350 g/mol. The number of anilines is 1. The van der Waals surface area contributed by atoms with Crippen molar-refractivity contribution in [2.75, 3.05) is 5.32 Å². The molecule has 1 aliphatic carbocycles. The van der Waals surface area contributed by atoms with Crippen molar-refractivity contribution in [1.82, 2.24) is 0 Å². The summed E-state index contributed by atoms with van der Waals surface area (Å²) in [6.07, 6.45) is 7.89. The van der Waals surface area contributed by atoms with E-state index in [9.17, 15) is 9.59 Å². The number of esters is 1. The van der Waals surface area contributed by atoms with Crippen molar-refractivity contribution in [1.29, 1.82) is 0 Å². The molecule has 1 N–H and O–H groups in total. The van der Waals surface area contributed by atoms with Gasteiger partial charge in [0.2, 0.25) is 0 Å². The van der Waals surface area contributed by atoms with E-state index < -0.39 is 0 Å². The number of benzene rings is 2. The molecule has 0 aliphatic heterocycles. The Labute approximate surface area is 167 Å². The van der Waals surface area contributed by atoms with E-state index in [4.69, 9.17) is 4.74 Å². The lowest BCUT2D eigenvalue weighted by Crippen LogP contribution is -2.25. The number of hydrogen-bond donors (Lipinski definition) is 1. The van der Waals surface area contributed by atoms with Gasteiger partial charge in [-0.05, 0) is 68.0 Å². The van der Waals surface area contributed by atoms with E-state index in [1.807, 2.05) is 30.3 Å². The summed E-state index contributed by atoms with van der Waals surface area (Å²) in [5.41, 5.74) is 1.28. The van der Waals surface area contributed by atoms with Crippen molar-refractivity contribution in [2.24, 2.45) is 11.8 Å². The normalized spacial score (nSPS) is 19.0. The van der Waals surface area contributed by atoms with E-state index in [-0.39, 0.29) is 17.8 Å². The molecule has 1 fully saturated rings. The second-order valence-corrected chi connectivity index (χ2v) is 7.63. The monoisotopic (exact) mass is 379 g/mol. The van der Waals surface area contributed by atoms with Gasteiger partial charge in [-0.1, -0.05) is 44.4 Å². The number of nitrogens with one attached hydrogen (secondary N) is 1. The second-order valence-electron chi connectivity index (χ2n) is 7.63. The predicted octanol–water partition coefficient (Wildman–Crippen LogP) is 5.84. The fourth-order valence-corrected chi connectivity index (χ4v) is 3.78. The lowest BCUT2D eigenvalue weighted by Gasteiger charge is -2.27. The number of hydrogen-bond acceptors (Lipinski definition) is 3. The third-order valence-corrected chi connectivity index (χ3v) is 5.51. The minimum atomic E-state index is -0.186. The van der Waals surface area contributed by atoms with Gasteiger partial charge in [-0.2, -0.15) is 0 Å². The third-order valence-electron chi connectivity index (χ3n) is 5.51. The fraction of sp³-hybridized carbons (Fsp3) is 0.417. The summed E-state index contributed by atoms with van der Waals surface area (Å²) in [7, 11) is 0. The van der Waals surface area contributed by atoms with E-state index in [0.29, 0.717) is 11.3 Å². The van der Waals surface area contributed by atoms with Gasteiger partial charge >= 0.3 is 5.97 Å². The van der Waals surface area contributed by atoms with Gasteiger partial charge in [0.05, 0.1) is 5.92 Å². The highest BCUT2D eigenvalue weighted by atomic mass is 16.5. The second kappa shape index (κ2) is 10.1. The van der Waals surface area contributed by atoms with Crippen LogP contribution in [0.1, 0.15) is 62.2 Å². The predicted molar refractivity (Wildman–Crippen MR) is 111 cm³/mol. The van der Waals surface area contributed by atoms with Crippen molar-refractivity contribution in [3.8, 4) is 5.75 Å². The summed E-state index contributed by atoms with van der Waals surface area (Å²) in [6, 6.07) is 16.1. The Morgan fingerprint density at radius 3 is 2.29 bits per heavy atom. The lowest BCUT2D eigenvalue weighted by atomic mass is 9.80. The van der Waals surface area contributed by atoms with Crippen molar-refractivity contribution in [3.05, 3.63) is 60.2 Å². The highest BCUT2D eigenvalue weighted by molar-refractivity contribution is 6.04. The van der Waals surface area contributed by atoms with Crippen LogP contribution >= 0.6 is 0 Å². The third kappa shape index (κ3) is 5.69. The highest BCUT2D eigenvalue weighted by Gasteiger charge is 2.27. The van der Waals surface area contributed by atoms with Crippen LogP contribution in [0.3, 0.4) is 0 Å². The van der Waals surface area contributed by atoms with Gasteiger partial charge < -0.3 is 10.1 Å². The van der Waals surface area contributed by atoms with Gasteiger partial charge in [0.15, 0.2) is 0 Å². The van der Waals surface area contributed by atoms with E-state index in [0.717, 1.165) is 37.3 Å². The van der Waals surface area contributed by atoms with Gasteiger partial charge in [0.25, 0.3) is 5.91 Å². The largest absolute Gasteiger partial charge is 0.426 e. The van der Waals surface area contributed by atoms with Gasteiger partial charge in [-0.25, -0.2) is 0 Å². The van der Waals surface area contributed by atoms with Crippen LogP contribution in [0.4, 0.5) is 5.69 Å². The summed E-state index contributed by atoms with van der Waals surface area (Å²) in [6.45, 7) is 2.22. The molecule has 2 aromatic rings. The number of carbonyl (C=O) groups is 2. The van der Waals surface area contributed by atoms with Gasteiger partial charge in [-0.15, -0.1) is 0 Å². The molecule has 0 spiro atoms. The maximum Gasteiger partial charge on any atom is 0.314 e. The maximum atomic E-state index is 12.4. The first-order chi connectivity index (χ1) is 13.7. The zero-order chi connectivity index (χ0) is 19.8. The highest BCUT2D eigenvalue weighted by Crippen LogP contribution is 2.32. The molecule has 3 rings (SSSR count). The molecule has 1 saturated carbocycles. The van der Waals surface area contributed by atoms with Crippen molar-refractivity contribution < 1.29 is 14.3 Å². The van der Waals surface area contributed by atoms with Crippen molar-refractivity contribution in [2.45, 2.75) is 51.9 Å². The zero-order valence-electron chi connectivity index (χ0n) is 16.5. The van der Waals surface area contributed by atoms with Crippen molar-refractivity contribution in [3.63, 3.8) is 0 Å². The zero-order valence-corrected chi connectivity index (χ0v) is 16.5. The summed E-state index contributed by atoms with van der Waals surface area (Å²) < 4.78 is 5.55. The van der Waals surface area contributed by atoms with Gasteiger partial charge in [0.1, 0.15) is 5.75 Å².